The Morgan fingerprint density at radius 1 is 1.28 bits per heavy atom. The molecule has 0 saturated heterocycles. The predicted molar refractivity (Wildman–Crippen MR) is 76.8 cm³/mol. The number of nitrogens with one attached hydrogen (secondary N) is 2. The van der Waals surface area contributed by atoms with Gasteiger partial charge in [-0.05, 0) is 22.9 Å². The second-order valence-corrected chi connectivity index (χ2v) is 5.93. The van der Waals surface area contributed by atoms with E-state index >= 15 is 0 Å². The van der Waals surface area contributed by atoms with E-state index < -0.39 is 0 Å². The van der Waals surface area contributed by atoms with Crippen molar-refractivity contribution in [1.29, 1.82) is 0 Å². The van der Waals surface area contributed by atoms with E-state index in [1.807, 2.05) is 12.4 Å². The molecule has 92 valence electrons. The number of aromatic nitrogens is 2. The van der Waals surface area contributed by atoms with Gasteiger partial charge in [0.25, 0.3) is 0 Å². The molecule has 0 unspecified atom stereocenters. The lowest BCUT2D eigenvalue weighted by Gasteiger charge is -1.99. The minimum absolute atomic E-state index is 0.850. The van der Waals surface area contributed by atoms with Crippen LogP contribution < -0.4 is 5.32 Å². The Balaban J connectivity index is 1.57. The summed E-state index contributed by atoms with van der Waals surface area (Å²) in [5, 5.41) is 14.5. The topological polar surface area (TPSA) is 40.7 Å². The molecular weight excluding hydrogens is 262 g/mol. The number of H-pyrrole nitrogens is 1. The van der Waals surface area contributed by atoms with Crippen LogP contribution >= 0.6 is 22.7 Å². The first-order chi connectivity index (χ1) is 8.92. The van der Waals surface area contributed by atoms with Crippen LogP contribution in [0.4, 0.5) is 0 Å². The first kappa shape index (κ1) is 11.6. The summed E-state index contributed by atoms with van der Waals surface area (Å²) in [4.78, 5) is 2.70. The van der Waals surface area contributed by atoms with Crippen molar-refractivity contribution in [1.82, 2.24) is 15.5 Å². The average molecular weight is 275 g/mol. The fourth-order valence-electron chi connectivity index (χ4n) is 1.75. The molecule has 0 aliphatic rings. The highest BCUT2D eigenvalue weighted by atomic mass is 32.1. The first-order valence-corrected chi connectivity index (χ1v) is 7.47. The number of hydrogen-bond donors (Lipinski definition) is 2. The van der Waals surface area contributed by atoms with Gasteiger partial charge in [0.15, 0.2) is 0 Å². The number of rotatable bonds is 5. The Bertz CT molecular complexity index is 582. The third kappa shape index (κ3) is 2.69. The Morgan fingerprint density at radius 3 is 3.06 bits per heavy atom. The van der Waals surface area contributed by atoms with Gasteiger partial charge in [-0.1, -0.05) is 6.07 Å². The van der Waals surface area contributed by atoms with Crippen LogP contribution in [-0.4, -0.2) is 10.2 Å². The monoisotopic (exact) mass is 275 g/mol. The maximum Gasteiger partial charge on any atom is 0.0532 e. The Labute approximate surface area is 114 Å². The minimum Gasteiger partial charge on any atom is -0.308 e. The fourth-order valence-corrected chi connectivity index (χ4v) is 3.39. The summed E-state index contributed by atoms with van der Waals surface area (Å²) >= 11 is 3.59. The molecule has 0 spiro atoms. The molecule has 0 atom stereocenters. The van der Waals surface area contributed by atoms with Crippen LogP contribution in [-0.2, 0) is 13.1 Å². The molecule has 0 bridgehead atoms. The van der Waals surface area contributed by atoms with Gasteiger partial charge in [-0.3, -0.25) is 5.10 Å². The van der Waals surface area contributed by atoms with E-state index in [0.29, 0.717) is 0 Å². The van der Waals surface area contributed by atoms with Gasteiger partial charge >= 0.3 is 0 Å². The summed E-state index contributed by atoms with van der Waals surface area (Å²) in [7, 11) is 0. The van der Waals surface area contributed by atoms with Crippen LogP contribution in [0, 0.1) is 0 Å². The van der Waals surface area contributed by atoms with E-state index in [9.17, 15) is 0 Å². The van der Waals surface area contributed by atoms with Gasteiger partial charge in [0.1, 0.15) is 0 Å². The second-order valence-electron chi connectivity index (χ2n) is 3.99. The third-order valence-corrected chi connectivity index (χ3v) is 4.50. The molecule has 0 fully saturated rings. The average Bonchev–Trinajstić information content (AvgIpc) is 3.12. The van der Waals surface area contributed by atoms with E-state index in [4.69, 9.17) is 0 Å². The molecular formula is C13H13N3S2. The Hall–Kier alpha value is -1.43. The van der Waals surface area contributed by atoms with E-state index in [2.05, 4.69) is 44.5 Å². The van der Waals surface area contributed by atoms with Crippen molar-refractivity contribution in [3.63, 3.8) is 0 Å². The molecule has 3 rings (SSSR count). The van der Waals surface area contributed by atoms with E-state index in [1.165, 1.54) is 20.9 Å². The molecule has 0 aliphatic carbocycles. The lowest BCUT2D eigenvalue weighted by molar-refractivity contribution is 0.701. The molecule has 0 radical (unpaired) electrons. The van der Waals surface area contributed by atoms with Crippen LogP contribution in [0.3, 0.4) is 0 Å². The molecule has 2 N–H and O–H groups in total. The van der Waals surface area contributed by atoms with E-state index in [0.717, 1.165) is 13.1 Å². The van der Waals surface area contributed by atoms with Crippen LogP contribution in [0.1, 0.15) is 10.4 Å². The Kier molecular flexibility index (Phi) is 3.54. The van der Waals surface area contributed by atoms with Gasteiger partial charge in [-0.15, -0.1) is 22.7 Å². The summed E-state index contributed by atoms with van der Waals surface area (Å²) in [6, 6.07) is 6.52. The normalized spacial score (nSPS) is 10.9. The lowest BCUT2D eigenvalue weighted by Crippen LogP contribution is -2.10. The predicted octanol–water partition coefficient (Wildman–Crippen LogP) is 3.49. The van der Waals surface area contributed by atoms with Crippen LogP contribution in [0.5, 0.6) is 0 Å². The summed E-state index contributed by atoms with van der Waals surface area (Å²) in [6.07, 6.45) is 3.76. The molecule has 3 nitrogen and oxygen atoms in total. The van der Waals surface area contributed by atoms with E-state index in [-0.39, 0.29) is 0 Å². The van der Waals surface area contributed by atoms with Crippen LogP contribution in [0.15, 0.2) is 41.4 Å². The molecule has 3 heterocycles. The third-order valence-electron chi connectivity index (χ3n) is 2.64. The molecule has 0 aromatic carbocycles. The van der Waals surface area contributed by atoms with Gasteiger partial charge in [0.05, 0.1) is 6.20 Å². The summed E-state index contributed by atoms with van der Waals surface area (Å²) in [5.41, 5.74) is 2.51. The zero-order chi connectivity index (χ0) is 12.2. The smallest absolute Gasteiger partial charge is 0.0532 e. The van der Waals surface area contributed by atoms with Crippen molar-refractivity contribution in [3.8, 4) is 10.4 Å². The standard InChI is InChI=1S/C13H13N3S2/c1-2-13(17-3-1)11-4-12(18-9-11)8-14-5-10-6-15-16-7-10/h1-4,6-7,9,14H,5,8H2,(H,15,16). The van der Waals surface area contributed by atoms with Gasteiger partial charge in [-0.2, -0.15) is 5.10 Å². The van der Waals surface area contributed by atoms with Crippen molar-refractivity contribution in [2.45, 2.75) is 13.1 Å². The zero-order valence-electron chi connectivity index (χ0n) is 9.72. The second kappa shape index (κ2) is 5.48. The molecule has 3 aromatic rings. The van der Waals surface area contributed by atoms with Gasteiger partial charge < -0.3 is 5.32 Å². The van der Waals surface area contributed by atoms with Crippen molar-refractivity contribution in [2.75, 3.05) is 0 Å². The van der Waals surface area contributed by atoms with Crippen molar-refractivity contribution in [3.05, 3.63) is 51.8 Å². The SMILES string of the molecule is c1csc(-c2csc(CNCc3cn[nH]c3)c2)c1. The number of aromatic amines is 1. The van der Waals surface area contributed by atoms with Crippen molar-refractivity contribution in [2.24, 2.45) is 0 Å². The largest absolute Gasteiger partial charge is 0.308 e. The first-order valence-electron chi connectivity index (χ1n) is 5.71. The summed E-state index contributed by atoms with van der Waals surface area (Å²) in [6.45, 7) is 1.75. The lowest BCUT2D eigenvalue weighted by atomic mass is 10.2. The summed E-state index contributed by atoms with van der Waals surface area (Å²) in [5.74, 6) is 0. The number of thiophene rings is 2. The summed E-state index contributed by atoms with van der Waals surface area (Å²) < 4.78 is 0. The van der Waals surface area contributed by atoms with Crippen LogP contribution in [0.2, 0.25) is 0 Å². The number of hydrogen-bond acceptors (Lipinski definition) is 4. The molecule has 3 aromatic heterocycles. The highest BCUT2D eigenvalue weighted by molar-refractivity contribution is 7.14. The number of nitrogens with zero attached hydrogens (tertiary/aromatic N) is 1. The zero-order valence-corrected chi connectivity index (χ0v) is 11.4. The van der Waals surface area contributed by atoms with Crippen molar-refractivity contribution >= 4 is 22.7 Å². The maximum atomic E-state index is 3.92. The van der Waals surface area contributed by atoms with Gasteiger partial charge in [-0.25, -0.2) is 0 Å². The maximum absolute atomic E-state index is 3.92. The molecule has 0 saturated carbocycles. The minimum atomic E-state index is 0.850. The Morgan fingerprint density at radius 2 is 2.28 bits per heavy atom. The molecule has 18 heavy (non-hydrogen) atoms. The highest BCUT2D eigenvalue weighted by Gasteiger charge is 2.03. The molecule has 5 heteroatoms. The van der Waals surface area contributed by atoms with Gasteiger partial charge in [0, 0.05) is 40.2 Å². The molecule has 0 amide bonds. The quantitative estimate of drug-likeness (QED) is 0.748. The van der Waals surface area contributed by atoms with Crippen LogP contribution in [0.25, 0.3) is 10.4 Å². The van der Waals surface area contributed by atoms with Crippen molar-refractivity contribution < 1.29 is 0 Å². The highest BCUT2D eigenvalue weighted by Crippen LogP contribution is 2.29. The fraction of sp³-hybridized carbons (Fsp3) is 0.154. The molecule has 0 aliphatic heterocycles. The van der Waals surface area contributed by atoms with E-state index in [1.54, 1.807) is 22.7 Å². The van der Waals surface area contributed by atoms with Gasteiger partial charge in [0.2, 0.25) is 0 Å².